The van der Waals surface area contributed by atoms with Crippen molar-refractivity contribution in [2.45, 2.75) is 18.4 Å². The van der Waals surface area contributed by atoms with E-state index in [1.54, 1.807) is 18.2 Å². The van der Waals surface area contributed by atoms with Crippen molar-refractivity contribution in [2.24, 2.45) is 0 Å². The van der Waals surface area contributed by atoms with E-state index in [0.717, 1.165) is 5.56 Å². The van der Waals surface area contributed by atoms with Crippen molar-refractivity contribution in [3.8, 4) is 0 Å². The summed E-state index contributed by atoms with van der Waals surface area (Å²) in [6, 6.07) is 17.0. The fourth-order valence-electron chi connectivity index (χ4n) is 1.51. The summed E-state index contributed by atoms with van der Waals surface area (Å²) >= 11 is 0. The standard InChI is InChI=1S/C10H13NO2.C6H6O3S/c1-2-11-10(12)13-8-9-6-4-3-5-7-9;7-10(8,9)6-4-2-1-3-5-6/h3-7H,2,8H2,1H3,(H,11,12);1-5H,(H,7,8,9). The first-order valence-electron chi connectivity index (χ1n) is 6.90. The lowest BCUT2D eigenvalue weighted by Crippen LogP contribution is -2.23. The van der Waals surface area contributed by atoms with Crippen LogP contribution in [0, 0.1) is 0 Å². The highest BCUT2D eigenvalue weighted by molar-refractivity contribution is 7.85. The highest BCUT2D eigenvalue weighted by Gasteiger charge is 2.05. The first kappa shape index (κ1) is 18.7. The van der Waals surface area contributed by atoms with Crippen molar-refractivity contribution in [3.63, 3.8) is 0 Å². The summed E-state index contributed by atoms with van der Waals surface area (Å²) in [4.78, 5) is 10.8. The molecule has 0 saturated heterocycles. The second-order valence-electron chi connectivity index (χ2n) is 4.38. The third-order valence-corrected chi connectivity index (χ3v) is 3.44. The van der Waals surface area contributed by atoms with Crippen LogP contribution >= 0.6 is 0 Å². The first-order chi connectivity index (χ1) is 10.9. The minimum absolute atomic E-state index is 0.0741. The van der Waals surface area contributed by atoms with Gasteiger partial charge in [0.25, 0.3) is 10.1 Å². The Morgan fingerprint density at radius 2 is 1.57 bits per heavy atom. The van der Waals surface area contributed by atoms with E-state index in [9.17, 15) is 13.2 Å². The molecule has 2 N–H and O–H groups in total. The minimum atomic E-state index is -4.00. The summed E-state index contributed by atoms with van der Waals surface area (Å²) in [5, 5.41) is 2.55. The lowest BCUT2D eigenvalue weighted by molar-refractivity contribution is 0.140. The smallest absolute Gasteiger partial charge is 0.407 e. The largest absolute Gasteiger partial charge is 0.445 e. The molecule has 7 heteroatoms. The molecular weight excluding hydrogens is 318 g/mol. The molecule has 2 aromatic carbocycles. The molecule has 2 aromatic rings. The average molecular weight is 337 g/mol. The van der Waals surface area contributed by atoms with E-state index in [0.29, 0.717) is 13.2 Å². The number of rotatable bonds is 4. The van der Waals surface area contributed by atoms with Crippen molar-refractivity contribution in [2.75, 3.05) is 6.54 Å². The van der Waals surface area contributed by atoms with Gasteiger partial charge in [-0.15, -0.1) is 0 Å². The lowest BCUT2D eigenvalue weighted by atomic mass is 10.2. The molecule has 0 atom stereocenters. The molecule has 0 radical (unpaired) electrons. The molecule has 0 spiro atoms. The van der Waals surface area contributed by atoms with Crippen molar-refractivity contribution in [3.05, 3.63) is 66.2 Å². The fraction of sp³-hybridized carbons (Fsp3) is 0.188. The van der Waals surface area contributed by atoms with E-state index >= 15 is 0 Å². The zero-order valence-electron chi connectivity index (χ0n) is 12.7. The fourth-order valence-corrected chi connectivity index (χ4v) is 2.01. The van der Waals surface area contributed by atoms with Gasteiger partial charge in [-0.25, -0.2) is 4.79 Å². The zero-order chi connectivity index (χ0) is 17.1. The molecule has 0 saturated carbocycles. The molecule has 1 amide bonds. The number of benzene rings is 2. The zero-order valence-corrected chi connectivity index (χ0v) is 13.5. The van der Waals surface area contributed by atoms with Crippen LogP contribution in [0.5, 0.6) is 0 Å². The topological polar surface area (TPSA) is 92.7 Å². The van der Waals surface area contributed by atoms with Gasteiger partial charge in [0.1, 0.15) is 6.61 Å². The van der Waals surface area contributed by atoms with Crippen LogP contribution in [-0.4, -0.2) is 25.6 Å². The summed E-state index contributed by atoms with van der Waals surface area (Å²) in [5.74, 6) is 0. The lowest BCUT2D eigenvalue weighted by Gasteiger charge is -2.04. The monoisotopic (exact) mass is 337 g/mol. The van der Waals surface area contributed by atoms with Gasteiger partial charge in [0.2, 0.25) is 0 Å². The normalized spacial score (nSPS) is 10.2. The SMILES string of the molecule is CCNC(=O)OCc1ccccc1.O=S(=O)(O)c1ccccc1. The van der Waals surface area contributed by atoms with Crippen LogP contribution in [-0.2, 0) is 21.5 Å². The molecule has 0 unspecified atom stereocenters. The number of amides is 1. The predicted molar refractivity (Wildman–Crippen MR) is 86.6 cm³/mol. The van der Waals surface area contributed by atoms with Crippen molar-refractivity contribution >= 4 is 16.2 Å². The maximum absolute atomic E-state index is 10.9. The molecule has 23 heavy (non-hydrogen) atoms. The summed E-state index contributed by atoms with van der Waals surface area (Å²) < 4.78 is 34.2. The molecule has 0 aliphatic rings. The van der Waals surface area contributed by atoms with Crippen LogP contribution in [0.4, 0.5) is 4.79 Å². The Morgan fingerprint density at radius 3 is 2.00 bits per heavy atom. The second kappa shape index (κ2) is 9.60. The molecule has 0 heterocycles. The van der Waals surface area contributed by atoms with Crippen LogP contribution in [0.15, 0.2) is 65.6 Å². The van der Waals surface area contributed by atoms with Gasteiger partial charge in [-0.05, 0) is 24.6 Å². The van der Waals surface area contributed by atoms with Gasteiger partial charge in [-0.3, -0.25) is 4.55 Å². The second-order valence-corrected chi connectivity index (χ2v) is 5.80. The number of carbonyl (C=O) groups is 1. The van der Waals surface area contributed by atoms with E-state index in [1.165, 1.54) is 12.1 Å². The Bertz CT molecular complexity index is 687. The highest BCUT2D eigenvalue weighted by Crippen LogP contribution is 2.05. The summed E-state index contributed by atoms with van der Waals surface area (Å²) in [7, 11) is -4.00. The summed E-state index contributed by atoms with van der Waals surface area (Å²) in [6.07, 6.45) is -0.369. The van der Waals surface area contributed by atoms with Crippen LogP contribution in [0.3, 0.4) is 0 Å². The number of alkyl carbamates (subject to hydrolysis) is 1. The molecule has 124 valence electrons. The van der Waals surface area contributed by atoms with E-state index < -0.39 is 10.1 Å². The van der Waals surface area contributed by atoms with Gasteiger partial charge in [0.05, 0.1) is 4.90 Å². The molecule has 0 aliphatic carbocycles. The van der Waals surface area contributed by atoms with Gasteiger partial charge >= 0.3 is 6.09 Å². The van der Waals surface area contributed by atoms with Crippen LogP contribution in [0.2, 0.25) is 0 Å². The van der Waals surface area contributed by atoms with E-state index in [1.807, 2.05) is 37.3 Å². The van der Waals surface area contributed by atoms with Crippen LogP contribution in [0.1, 0.15) is 12.5 Å². The van der Waals surface area contributed by atoms with E-state index in [-0.39, 0.29) is 11.0 Å². The van der Waals surface area contributed by atoms with Crippen molar-refractivity contribution in [1.29, 1.82) is 0 Å². The van der Waals surface area contributed by atoms with Gasteiger partial charge in [0, 0.05) is 6.54 Å². The van der Waals surface area contributed by atoms with Crippen LogP contribution < -0.4 is 5.32 Å². The molecule has 0 aliphatic heterocycles. The molecule has 0 fully saturated rings. The highest BCUT2D eigenvalue weighted by atomic mass is 32.2. The summed E-state index contributed by atoms with van der Waals surface area (Å²) in [6.45, 7) is 2.77. The third kappa shape index (κ3) is 7.98. The molecule has 6 nitrogen and oxygen atoms in total. The molecular formula is C16H19NO5S. The van der Waals surface area contributed by atoms with E-state index in [4.69, 9.17) is 9.29 Å². The van der Waals surface area contributed by atoms with Gasteiger partial charge < -0.3 is 10.1 Å². The van der Waals surface area contributed by atoms with Crippen LogP contribution in [0.25, 0.3) is 0 Å². The molecule has 0 aromatic heterocycles. The predicted octanol–water partition coefficient (Wildman–Crippen LogP) is 2.87. The summed E-state index contributed by atoms with van der Waals surface area (Å²) in [5.41, 5.74) is 0.994. The maximum Gasteiger partial charge on any atom is 0.407 e. The Hall–Kier alpha value is -2.38. The third-order valence-electron chi connectivity index (χ3n) is 2.57. The van der Waals surface area contributed by atoms with Crippen molar-refractivity contribution < 1.29 is 22.5 Å². The minimum Gasteiger partial charge on any atom is -0.445 e. The van der Waals surface area contributed by atoms with E-state index in [2.05, 4.69) is 5.32 Å². The van der Waals surface area contributed by atoms with Gasteiger partial charge in [-0.1, -0.05) is 48.5 Å². The Balaban J connectivity index is 0.000000238. The average Bonchev–Trinajstić information content (AvgIpc) is 2.55. The number of hydrogen-bond acceptors (Lipinski definition) is 4. The number of nitrogens with one attached hydrogen (secondary N) is 1. The molecule has 2 rings (SSSR count). The van der Waals surface area contributed by atoms with Crippen molar-refractivity contribution in [1.82, 2.24) is 5.32 Å². The number of carbonyl (C=O) groups excluding carboxylic acids is 1. The van der Waals surface area contributed by atoms with Gasteiger partial charge in [-0.2, -0.15) is 8.42 Å². The molecule has 0 bridgehead atoms. The Morgan fingerprint density at radius 1 is 1.04 bits per heavy atom. The quantitative estimate of drug-likeness (QED) is 0.837. The first-order valence-corrected chi connectivity index (χ1v) is 8.34. The maximum atomic E-state index is 10.9. The van der Waals surface area contributed by atoms with Gasteiger partial charge in [0.15, 0.2) is 0 Å². The Kier molecular flexibility index (Phi) is 7.79. The number of ether oxygens (including phenoxy) is 1. The number of hydrogen-bond donors (Lipinski definition) is 2. The Labute approximate surface area is 135 Å².